The van der Waals surface area contributed by atoms with Gasteiger partial charge in [-0.1, -0.05) is 0 Å². The number of halogens is 2. The minimum absolute atomic E-state index is 0.279. The van der Waals surface area contributed by atoms with Crippen molar-refractivity contribution in [1.29, 1.82) is 0 Å². The van der Waals surface area contributed by atoms with Crippen molar-refractivity contribution in [3.05, 3.63) is 59.5 Å². The lowest BCUT2D eigenvalue weighted by atomic mass is 10.1. The number of hydrogen-bond donors (Lipinski definition) is 1. The van der Waals surface area contributed by atoms with Crippen LogP contribution < -0.4 is 10.6 Å². The highest BCUT2D eigenvalue weighted by Gasteiger charge is 2.22. The van der Waals surface area contributed by atoms with Gasteiger partial charge in [-0.3, -0.25) is 4.90 Å². The molecule has 1 saturated heterocycles. The van der Waals surface area contributed by atoms with E-state index < -0.39 is 11.6 Å². The van der Waals surface area contributed by atoms with Crippen molar-refractivity contribution in [1.82, 2.24) is 24.5 Å². The van der Waals surface area contributed by atoms with Crippen molar-refractivity contribution in [2.75, 3.05) is 43.4 Å². The van der Waals surface area contributed by atoms with Crippen LogP contribution in [-0.4, -0.2) is 57.2 Å². The van der Waals surface area contributed by atoms with Crippen LogP contribution in [0.1, 0.15) is 11.3 Å². The molecule has 10 heteroatoms. The average Bonchev–Trinajstić information content (AvgIpc) is 3.44. The van der Waals surface area contributed by atoms with Gasteiger partial charge in [-0.15, -0.1) is 5.10 Å². The highest BCUT2D eigenvalue weighted by atomic mass is 19.1. The van der Waals surface area contributed by atoms with Crippen LogP contribution in [0.5, 0.6) is 0 Å². The normalized spacial score (nSPS) is 15.0. The topological polar surface area (TPSA) is 88.7 Å². The summed E-state index contributed by atoms with van der Waals surface area (Å²) in [6.45, 7) is 5.61. The Hall–Kier alpha value is -3.53. The van der Waals surface area contributed by atoms with E-state index in [1.54, 1.807) is 22.9 Å². The summed E-state index contributed by atoms with van der Waals surface area (Å²) >= 11 is 0. The zero-order valence-corrected chi connectivity index (χ0v) is 17.6. The Morgan fingerprint density at radius 3 is 2.62 bits per heavy atom. The number of benzene rings is 1. The van der Waals surface area contributed by atoms with E-state index in [0.717, 1.165) is 43.4 Å². The first kappa shape index (κ1) is 20.4. The standard InChI is InChI=1S/C22H23F2N7O/c1-14-16(21-27-20(19-3-2-12-32-19)28-31(21)22(25)26-14)6-7-29-8-10-30(11-9-29)18-5-4-15(23)13-17(18)24/h2-5,12-13H,6-11H2,1H3,(H2,25,26). The van der Waals surface area contributed by atoms with Gasteiger partial charge in [0.25, 0.3) is 0 Å². The predicted octanol–water partition coefficient (Wildman–Crippen LogP) is 2.92. The third-order valence-corrected chi connectivity index (χ3v) is 5.86. The number of aromatic nitrogens is 4. The summed E-state index contributed by atoms with van der Waals surface area (Å²) < 4.78 is 34.3. The maximum Gasteiger partial charge on any atom is 0.223 e. The molecule has 166 valence electrons. The molecule has 0 saturated carbocycles. The van der Waals surface area contributed by atoms with E-state index in [0.29, 0.717) is 36.0 Å². The number of furan rings is 1. The lowest BCUT2D eigenvalue weighted by molar-refractivity contribution is 0.260. The molecule has 5 rings (SSSR count). The number of aryl methyl sites for hydroxylation is 1. The van der Waals surface area contributed by atoms with E-state index in [1.165, 1.54) is 12.1 Å². The van der Waals surface area contributed by atoms with Gasteiger partial charge in [0.1, 0.15) is 11.6 Å². The van der Waals surface area contributed by atoms with Crippen molar-refractivity contribution in [2.45, 2.75) is 13.3 Å². The number of nitrogen functional groups attached to an aromatic ring is 1. The molecular formula is C22H23F2N7O. The second-order valence-corrected chi connectivity index (χ2v) is 7.86. The Kier molecular flexibility index (Phi) is 5.22. The smallest absolute Gasteiger partial charge is 0.223 e. The molecule has 0 atom stereocenters. The Balaban J connectivity index is 1.29. The van der Waals surface area contributed by atoms with Crippen LogP contribution in [0.3, 0.4) is 0 Å². The average molecular weight is 439 g/mol. The van der Waals surface area contributed by atoms with Crippen LogP contribution >= 0.6 is 0 Å². The lowest BCUT2D eigenvalue weighted by Gasteiger charge is -2.36. The number of nitrogens with zero attached hydrogens (tertiary/aromatic N) is 6. The molecule has 1 aromatic carbocycles. The Morgan fingerprint density at radius 1 is 1.09 bits per heavy atom. The molecule has 4 heterocycles. The fraction of sp³-hybridized carbons (Fsp3) is 0.318. The molecule has 1 aliphatic heterocycles. The number of nitrogens with two attached hydrogens (primary N) is 1. The van der Waals surface area contributed by atoms with E-state index in [2.05, 4.69) is 20.0 Å². The van der Waals surface area contributed by atoms with Gasteiger partial charge < -0.3 is 15.1 Å². The molecule has 32 heavy (non-hydrogen) atoms. The highest BCUT2D eigenvalue weighted by molar-refractivity contribution is 5.59. The van der Waals surface area contributed by atoms with Crippen molar-refractivity contribution >= 4 is 17.3 Å². The molecule has 0 bridgehead atoms. The van der Waals surface area contributed by atoms with Crippen LogP contribution in [0.15, 0.2) is 41.0 Å². The molecule has 0 spiro atoms. The quantitative estimate of drug-likeness (QED) is 0.511. The summed E-state index contributed by atoms with van der Waals surface area (Å²) in [5.41, 5.74) is 8.99. The maximum absolute atomic E-state index is 14.1. The Bertz CT molecular complexity index is 1250. The summed E-state index contributed by atoms with van der Waals surface area (Å²) in [6.07, 6.45) is 2.30. The van der Waals surface area contributed by atoms with Gasteiger partial charge in [0.2, 0.25) is 11.8 Å². The van der Waals surface area contributed by atoms with Crippen LogP contribution in [-0.2, 0) is 6.42 Å². The van der Waals surface area contributed by atoms with Gasteiger partial charge >= 0.3 is 0 Å². The second kappa shape index (κ2) is 8.19. The van der Waals surface area contributed by atoms with Crippen molar-refractivity contribution in [3.8, 4) is 11.6 Å². The van der Waals surface area contributed by atoms with Gasteiger partial charge in [0.15, 0.2) is 11.4 Å². The van der Waals surface area contributed by atoms with E-state index in [-0.39, 0.29) is 5.95 Å². The fourth-order valence-electron chi connectivity index (χ4n) is 4.14. The highest BCUT2D eigenvalue weighted by Crippen LogP contribution is 2.24. The van der Waals surface area contributed by atoms with Crippen molar-refractivity contribution < 1.29 is 13.2 Å². The van der Waals surface area contributed by atoms with E-state index in [4.69, 9.17) is 10.2 Å². The molecule has 1 fully saturated rings. The Labute approximate surface area is 183 Å². The third kappa shape index (κ3) is 3.77. The van der Waals surface area contributed by atoms with E-state index >= 15 is 0 Å². The zero-order valence-electron chi connectivity index (χ0n) is 17.6. The molecular weight excluding hydrogens is 416 g/mol. The number of fused-ring (bicyclic) bond motifs is 1. The first-order valence-corrected chi connectivity index (χ1v) is 10.5. The molecule has 2 N–H and O–H groups in total. The fourth-order valence-corrected chi connectivity index (χ4v) is 4.14. The molecule has 0 amide bonds. The molecule has 3 aromatic heterocycles. The summed E-state index contributed by atoms with van der Waals surface area (Å²) in [6, 6.07) is 7.31. The van der Waals surface area contributed by atoms with E-state index in [9.17, 15) is 8.78 Å². The van der Waals surface area contributed by atoms with Crippen LogP contribution in [0.4, 0.5) is 20.4 Å². The summed E-state index contributed by atoms with van der Waals surface area (Å²) in [7, 11) is 0. The number of hydrogen-bond acceptors (Lipinski definition) is 7. The molecule has 4 aromatic rings. The van der Waals surface area contributed by atoms with Gasteiger partial charge in [0.05, 0.1) is 12.0 Å². The molecule has 0 radical (unpaired) electrons. The molecule has 1 aliphatic rings. The van der Waals surface area contributed by atoms with Gasteiger partial charge in [-0.2, -0.15) is 4.52 Å². The van der Waals surface area contributed by atoms with Crippen LogP contribution in [0.25, 0.3) is 17.2 Å². The third-order valence-electron chi connectivity index (χ3n) is 5.86. The van der Waals surface area contributed by atoms with Crippen molar-refractivity contribution in [3.63, 3.8) is 0 Å². The largest absolute Gasteiger partial charge is 0.461 e. The van der Waals surface area contributed by atoms with Gasteiger partial charge in [0, 0.05) is 50.0 Å². The minimum Gasteiger partial charge on any atom is -0.461 e. The summed E-state index contributed by atoms with van der Waals surface area (Å²) in [5, 5.41) is 4.45. The number of anilines is 2. The Morgan fingerprint density at radius 2 is 1.91 bits per heavy atom. The predicted molar refractivity (Wildman–Crippen MR) is 116 cm³/mol. The van der Waals surface area contributed by atoms with Gasteiger partial charge in [-0.25, -0.2) is 18.7 Å². The molecule has 8 nitrogen and oxygen atoms in total. The zero-order chi connectivity index (χ0) is 22.2. The summed E-state index contributed by atoms with van der Waals surface area (Å²) in [4.78, 5) is 13.4. The SMILES string of the molecule is Cc1nc(N)n2nc(-c3ccco3)nc2c1CCN1CCN(c2ccc(F)cc2F)CC1. The second-order valence-electron chi connectivity index (χ2n) is 7.86. The van der Waals surface area contributed by atoms with Crippen LogP contribution in [0, 0.1) is 18.6 Å². The van der Waals surface area contributed by atoms with Crippen molar-refractivity contribution in [2.24, 2.45) is 0 Å². The number of rotatable bonds is 5. The van der Waals surface area contributed by atoms with Crippen LogP contribution in [0.2, 0.25) is 0 Å². The lowest BCUT2D eigenvalue weighted by Crippen LogP contribution is -2.47. The molecule has 0 aliphatic carbocycles. The monoisotopic (exact) mass is 439 g/mol. The number of piperazine rings is 1. The van der Waals surface area contributed by atoms with Gasteiger partial charge in [-0.05, 0) is 37.6 Å². The minimum atomic E-state index is -0.563. The molecule has 0 unspecified atom stereocenters. The first-order valence-electron chi connectivity index (χ1n) is 10.5. The summed E-state index contributed by atoms with van der Waals surface area (Å²) in [5.74, 6) is 0.226. The first-order chi connectivity index (χ1) is 15.5. The van der Waals surface area contributed by atoms with E-state index in [1.807, 2.05) is 11.8 Å². The maximum atomic E-state index is 14.1.